The predicted molar refractivity (Wildman–Crippen MR) is 46.7 cm³/mol. The van der Waals surface area contributed by atoms with Crippen LogP contribution in [0.1, 0.15) is 22.0 Å². The molecule has 2 heterocycles. The van der Waals surface area contributed by atoms with Crippen molar-refractivity contribution >= 4 is 5.78 Å². The lowest BCUT2D eigenvalue weighted by molar-refractivity contribution is 0.0745. The summed E-state index contributed by atoms with van der Waals surface area (Å²) in [6.45, 7) is 0. The molecule has 0 unspecified atom stereocenters. The van der Waals surface area contributed by atoms with Crippen LogP contribution in [0.2, 0.25) is 0 Å². The number of ketones is 1. The molecule has 0 aromatic carbocycles. The molecular formula is C10H8O4. The first-order valence-corrected chi connectivity index (χ1v) is 4.05. The van der Waals surface area contributed by atoms with Gasteiger partial charge in [0.2, 0.25) is 0 Å². The summed E-state index contributed by atoms with van der Waals surface area (Å²) in [6.07, 6.45) is 4.23. The summed E-state index contributed by atoms with van der Waals surface area (Å²) in [4.78, 5) is 11.6. The summed E-state index contributed by atoms with van der Waals surface area (Å²) < 4.78 is 9.52. The first-order valence-electron chi connectivity index (χ1n) is 4.05. The Balaban J connectivity index is 2.21. The van der Waals surface area contributed by atoms with Crippen LogP contribution >= 0.6 is 0 Å². The minimum atomic E-state index is -1.19. The second-order valence-electron chi connectivity index (χ2n) is 2.84. The summed E-state index contributed by atoms with van der Waals surface area (Å²) in [6, 6.07) is 3.05. The Labute approximate surface area is 79.8 Å². The standard InChI is InChI=1S/C10H8O4/c11-9(7-1-3-13-5-7)10(12)8-2-4-14-6-8/h1-6,9,11H/t9-/m0/s1. The molecule has 0 saturated heterocycles. The maximum atomic E-state index is 11.6. The number of furan rings is 2. The average Bonchev–Trinajstić information content (AvgIpc) is 2.87. The topological polar surface area (TPSA) is 63.6 Å². The van der Waals surface area contributed by atoms with Gasteiger partial charge in [-0.1, -0.05) is 0 Å². The zero-order valence-electron chi connectivity index (χ0n) is 7.21. The smallest absolute Gasteiger partial charge is 0.199 e. The molecular weight excluding hydrogens is 184 g/mol. The van der Waals surface area contributed by atoms with Crippen molar-refractivity contribution in [2.24, 2.45) is 0 Å². The van der Waals surface area contributed by atoms with E-state index in [2.05, 4.69) is 0 Å². The fourth-order valence-electron chi connectivity index (χ4n) is 1.14. The third kappa shape index (κ3) is 1.47. The van der Waals surface area contributed by atoms with Crippen LogP contribution in [0.4, 0.5) is 0 Å². The molecule has 2 aromatic rings. The fourth-order valence-corrected chi connectivity index (χ4v) is 1.14. The second-order valence-corrected chi connectivity index (χ2v) is 2.84. The number of carbonyl (C=O) groups excluding carboxylic acids is 1. The quantitative estimate of drug-likeness (QED) is 0.753. The zero-order chi connectivity index (χ0) is 9.97. The molecule has 0 fully saturated rings. The van der Waals surface area contributed by atoms with Gasteiger partial charge in [0.15, 0.2) is 5.78 Å². The van der Waals surface area contributed by atoms with Crippen molar-refractivity contribution in [3.05, 3.63) is 48.3 Å². The molecule has 1 N–H and O–H groups in total. The van der Waals surface area contributed by atoms with Crippen molar-refractivity contribution < 1.29 is 18.7 Å². The Morgan fingerprint density at radius 1 is 1.21 bits per heavy atom. The van der Waals surface area contributed by atoms with Gasteiger partial charge in [0.25, 0.3) is 0 Å². The van der Waals surface area contributed by atoms with Gasteiger partial charge in [-0.15, -0.1) is 0 Å². The summed E-state index contributed by atoms with van der Waals surface area (Å²) in [5.74, 6) is -0.403. The molecule has 4 heteroatoms. The molecule has 0 amide bonds. The van der Waals surface area contributed by atoms with E-state index in [4.69, 9.17) is 8.83 Å². The van der Waals surface area contributed by atoms with Crippen LogP contribution in [0, 0.1) is 0 Å². The Morgan fingerprint density at radius 2 is 1.93 bits per heavy atom. The van der Waals surface area contributed by atoms with Gasteiger partial charge in [0.1, 0.15) is 12.4 Å². The van der Waals surface area contributed by atoms with Gasteiger partial charge < -0.3 is 13.9 Å². The Hall–Kier alpha value is -1.81. The molecule has 0 radical (unpaired) electrons. The van der Waals surface area contributed by atoms with Crippen LogP contribution in [0.25, 0.3) is 0 Å². The van der Waals surface area contributed by atoms with Gasteiger partial charge in [-0.05, 0) is 12.1 Å². The van der Waals surface area contributed by atoms with Gasteiger partial charge in [-0.2, -0.15) is 0 Å². The van der Waals surface area contributed by atoms with E-state index in [1.54, 1.807) is 6.07 Å². The third-order valence-corrected chi connectivity index (χ3v) is 1.91. The fraction of sp³-hybridized carbons (Fsp3) is 0.100. The number of Topliss-reactive ketones (excluding diaryl/α,β-unsaturated/α-hetero) is 1. The van der Waals surface area contributed by atoms with E-state index in [0.717, 1.165) is 0 Å². The van der Waals surface area contributed by atoms with Gasteiger partial charge >= 0.3 is 0 Å². The molecule has 0 aliphatic rings. The van der Waals surface area contributed by atoms with Crippen molar-refractivity contribution in [2.75, 3.05) is 0 Å². The van der Waals surface area contributed by atoms with Crippen molar-refractivity contribution in [3.8, 4) is 0 Å². The van der Waals surface area contributed by atoms with Crippen molar-refractivity contribution in [1.29, 1.82) is 0 Å². The zero-order valence-corrected chi connectivity index (χ0v) is 7.21. The molecule has 72 valence electrons. The van der Waals surface area contributed by atoms with Crippen LogP contribution in [0.3, 0.4) is 0 Å². The normalized spacial score (nSPS) is 12.6. The monoisotopic (exact) mass is 192 g/mol. The maximum Gasteiger partial charge on any atom is 0.199 e. The SMILES string of the molecule is O=C(c1ccoc1)[C@@H](O)c1ccoc1. The lowest BCUT2D eigenvalue weighted by Gasteiger charge is -2.03. The largest absolute Gasteiger partial charge is 0.472 e. The van der Waals surface area contributed by atoms with E-state index < -0.39 is 11.9 Å². The Kier molecular flexibility index (Phi) is 2.20. The van der Waals surface area contributed by atoms with Crippen LogP contribution < -0.4 is 0 Å². The number of carbonyl (C=O) groups is 1. The molecule has 14 heavy (non-hydrogen) atoms. The minimum absolute atomic E-state index is 0.346. The summed E-state index contributed by atoms with van der Waals surface area (Å²) in [7, 11) is 0. The van der Waals surface area contributed by atoms with Gasteiger partial charge in [0.05, 0.1) is 24.4 Å². The molecule has 0 aliphatic carbocycles. The molecule has 0 spiro atoms. The molecule has 2 rings (SSSR count). The molecule has 0 aliphatic heterocycles. The van der Waals surface area contributed by atoms with Crippen LogP contribution in [0.15, 0.2) is 46.0 Å². The molecule has 0 saturated carbocycles. The highest BCUT2D eigenvalue weighted by Crippen LogP contribution is 2.18. The number of hydrogen-bond acceptors (Lipinski definition) is 4. The van der Waals surface area contributed by atoms with Crippen LogP contribution in [0.5, 0.6) is 0 Å². The van der Waals surface area contributed by atoms with Crippen molar-refractivity contribution in [2.45, 2.75) is 6.10 Å². The Bertz CT molecular complexity index is 399. The van der Waals surface area contributed by atoms with E-state index >= 15 is 0 Å². The van der Waals surface area contributed by atoms with Crippen molar-refractivity contribution in [1.82, 2.24) is 0 Å². The number of aliphatic hydroxyl groups is 1. The summed E-state index contributed by atoms with van der Waals surface area (Å²) in [5, 5.41) is 9.60. The highest BCUT2D eigenvalue weighted by molar-refractivity contribution is 5.99. The molecule has 0 bridgehead atoms. The number of hydrogen-bond donors (Lipinski definition) is 1. The van der Waals surface area contributed by atoms with Crippen LogP contribution in [-0.4, -0.2) is 10.9 Å². The molecule has 1 atom stereocenters. The first kappa shape index (κ1) is 8.77. The predicted octanol–water partition coefficient (Wildman–Crippen LogP) is 1.79. The Morgan fingerprint density at radius 3 is 2.50 bits per heavy atom. The van der Waals surface area contributed by atoms with E-state index in [1.807, 2.05) is 0 Å². The summed E-state index contributed by atoms with van der Waals surface area (Å²) in [5.41, 5.74) is 0.787. The lowest BCUT2D eigenvalue weighted by Crippen LogP contribution is -2.10. The highest BCUT2D eigenvalue weighted by atomic mass is 16.3. The summed E-state index contributed by atoms with van der Waals surface area (Å²) >= 11 is 0. The van der Waals surface area contributed by atoms with E-state index in [1.165, 1.54) is 31.1 Å². The molecule has 2 aromatic heterocycles. The van der Waals surface area contributed by atoms with E-state index in [0.29, 0.717) is 11.1 Å². The highest BCUT2D eigenvalue weighted by Gasteiger charge is 2.20. The maximum absolute atomic E-state index is 11.6. The van der Waals surface area contributed by atoms with Gasteiger partial charge in [-0.3, -0.25) is 4.79 Å². The van der Waals surface area contributed by atoms with Gasteiger partial charge in [-0.25, -0.2) is 0 Å². The third-order valence-electron chi connectivity index (χ3n) is 1.91. The number of rotatable bonds is 3. The lowest BCUT2D eigenvalue weighted by atomic mass is 10.1. The van der Waals surface area contributed by atoms with Crippen LogP contribution in [-0.2, 0) is 0 Å². The van der Waals surface area contributed by atoms with Crippen molar-refractivity contribution in [3.63, 3.8) is 0 Å². The molecule has 4 nitrogen and oxygen atoms in total. The van der Waals surface area contributed by atoms with E-state index in [-0.39, 0.29) is 0 Å². The van der Waals surface area contributed by atoms with E-state index in [9.17, 15) is 9.90 Å². The minimum Gasteiger partial charge on any atom is -0.472 e. The number of aliphatic hydroxyl groups excluding tert-OH is 1. The first-order chi connectivity index (χ1) is 6.79. The van der Waals surface area contributed by atoms with Gasteiger partial charge in [0, 0.05) is 5.56 Å². The average molecular weight is 192 g/mol. The second kappa shape index (κ2) is 3.51.